The molecule has 0 spiro atoms. The summed E-state index contributed by atoms with van der Waals surface area (Å²) in [6.45, 7) is 0. The van der Waals surface area contributed by atoms with Crippen LogP contribution in [0.3, 0.4) is 0 Å². The van der Waals surface area contributed by atoms with Crippen LogP contribution < -0.4 is 0 Å². The summed E-state index contributed by atoms with van der Waals surface area (Å²) < 4.78 is 15.6. The molecule has 1 aromatic carbocycles. The van der Waals surface area contributed by atoms with E-state index in [0.717, 1.165) is 11.7 Å². The van der Waals surface area contributed by atoms with Gasteiger partial charge in [-0.2, -0.15) is 0 Å². The van der Waals surface area contributed by atoms with Gasteiger partial charge in [-0.3, -0.25) is 0 Å². The molecule has 0 aliphatic rings. The Morgan fingerprint density at radius 3 is 2.89 bits per heavy atom. The number of imidazole rings is 1. The van der Waals surface area contributed by atoms with Gasteiger partial charge in [-0.1, -0.05) is 11.6 Å². The highest BCUT2D eigenvalue weighted by Gasteiger charge is 2.10. The molecule has 0 radical (unpaired) electrons. The third kappa shape index (κ3) is 1.71. The topological polar surface area (TPSA) is 37.5 Å². The lowest BCUT2D eigenvalue weighted by atomic mass is 10.1. The van der Waals surface area contributed by atoms with Crippen LogP contribution in [0.1, 0.15) is 0 Å². The second-order valence-electron chi connectivity index (χ2n) is 3.89. The lowest BCUT2D eigenvalue weighted by molar-refractivity contribution is 0.469. The lowest BCUT2D eigenvalue weighted by Crippen LogP contribution is -1.88. The Bertz CT molecular complexity index is 739. The third-order valence-corrected chi connectivity index (χ3v) is 3.05. The largest absolute Gasteiger partial charge is 0.506 e. The first-order chi connectivity index (χ1) is 8.65. The van der Waals surface area contributed by atoms with Gasteiger partial charge >= 0.3 is 0 Å². The molecular weight excluding hydrogens is 255 g/mol. The quantitative estimate of drug-likeness (QED) is 0.729. The fraction of sp³-hybridized carbons (Fsp3) is 0. The van der Waals surface area contributed by atoms with E-state index in [9.17, 15) is 9.50 Å². The lowest BCUT2D eigenvalue weighted by Gasteiger charge is -2.06. The van der Waals surface area contributed by atoms with Gasteiger partial charge < -0.3 is 9.51 Å². The van der Waals surface area contributed by atoms with Gasteiger partial charge in [0.1, 0.15) is 17.2 Å². The number of hydrogen-bond acceptors (Lipinski definition) is 2. The molecule has 0 aliphatic heterocycles. The molecule has 0 atom stereocenters. The Morgan fingerprint density at radius 1 is 1.22 bits per heavy atom. The number of benzene rings is 1. The van der Waals surface area contributed by atoms with E-state index >= 15 is 0 Å². The highest BCUT2D eigenvalue weighted by Crippen LogP contribution is 2.32. The van der Waals surface area contributed by atoms with Gasteiger partial charge in [0.2, 0.25) is 0 Å². The molecule has 18 heavy (non-hydrogen) atoms. The summed E-state index contributed by atoms with van der Waals surface area (Å²) in [5.41, 5.74) is 1.72. The second kappa shape index (κ2) is 3.99. The number of halogens is 2. The van der Waals surface area contributed by atoms with Crippen molar-refractivity contribution in [3.8, 4) is 16.9 Å². The molecule has 5 heteroatoms. The minimum Gasteiger partial charge on any atom is -0.506 e. The molecule has 2 heterocycles. The van der Waals surface area contributed by atoms with E-state index in [1.165, 1.54) is 6.07 Å². The molecule has 0 aliphatic carbocycles. The van der Waals surface area contributed by atoms with Gasteiger partial charge in [0.25, 0.3) is 0 Å². The average molecular weight is 263 g/mol. The summed E-state index contributed by atoms with van der Waals surface area (Å²) in [5.74, 6) is -0.785. The third-order valence-electron chi connectivity index (χ3n) is 2.75. The molecule has 0 saturated heterocycles. The van der Waals surface area contributed by atoms with Crippen LogP contribution >= 0.6 is 11.6 Å². The Balaban J connectivity index is 2.21. The fourth-order valence-corrected chi connectivity index (χ4v) is 2.00. The molecule has 0 amide bonds. The van der Waals surface area contributed by atoms with Crippen LogP contribution in [0.2, 0.25) is 5.02 Å². The van der Waals surface area contributed by atoms with Gasteiger partial charge in [0.15, 0.2) is 0 Å². The summed E-state index contributed by atoms with van der Waals surface area (Å²) >= 11 is 5.80. The zero-order valence-electron chi connectivity index (χ0n) is 9.14. The SMILES string of the molecule is Oc1cc(F)c(-c2ccn3ccnc3c2)cc1Cl. The minimum absolute atomic E-state index is 0.120. The number of aromatic nitrogens is 2. The zero-order valence-corrected chi connectivity index (χ0v) is 9.89. The van der Waals surface area contributed by atoms with Crippen LogP contribution in [0.4, 0.5) is 4.39 Å². The van der Waals surface area contributed by atoms with Crippen LogP contribution in [0.5, 0.6) is 5.75 Å². The summed E-state index contributed by atoms with van der Waals surface area (Å²) in [6, 6.07) is 5.93. The Hall–Kier alpha value is -2.07. The molecule has 0 saturated carbocycles. The number of phenols is 1. The summed E-state index contributed by atoms with van der Waals surface area (Å²) in [6.07, 6.45) is 5.26. The molecular formula is C13H8ClFN2O. The van der Waals surface area contributed by atoms with E-state index < -0.39 is 5.82 Å². The van der Waals surface area contributed by atoms with Gasteiger partial charge in [-0.25, -0.2) is 9.37 Å². The van der Waals surface area contributed by atoms with Crippen LogP contribution in [0, 0.1) is 5.82 Å². The van der Waals surface area contributed by atoms with Crippen molar-refractivity contribution >= 4 is 17.2 Å². The number of aromatic hydroxyl groups is 1. The molecule has 0 fully saturated rings. The van der Waals surface area contributed by atoms with Gasteiger partial charge in [-0.15, -0.1) is 0 Å². The normalized spacial score (nSPS) is 11.0. The van der Waals surface area contributed by atoms with Crippen molar-refractivity contribution in [2.75, 3.05) is 0 Å². The molecule has 3 rings (SSSR count). The van der Waals surface area contributed by atoms with Crippen LogP contribution in [0.25, 0.3) is 16.8 Å². The summed E-state index contributed by atoms with van der Waals surface area (Å²) in [4.78, 5) is 4.13. The number of fused-ring (bicyclic) bond motifs is 1. The Morgan fingerprint density at radius 2 is 2.06 bits per heavy atom. The molecule has 90 valence electrons. The van der Waals surface area contributed by atoms with Gasteiger partial charge in [0, 0.05) is 30.2 Å². The molecule has 0 unspecified atom stereocenters. The summed E-state index contributed by atoms with van der Waals surface area (Å²) in [7, 11) is 0. The van der Waals surface area contributed by atoms with Crippen molar-refractivity contribution in [3.05, 3.63) is 53.7 Å². The van der Waals surface area contributed by atoms with Gasteiger partial charge in [0.05, 0.1) is 5.02 Å². The highest BCUT2D eigenvalue weighted by atomic mass is 35.5. The van der Waals surface area contributed by atoms with Crippen LogP contribution in [0.15, 0.2) is 42.9 Å². The predicted octanol–water partition coefficient (Wildman–Crippen LogP) is 3.50. The van der Waals surface area contributed by atoms with E-state index in [1.807, 2.05) is 4.40 Å². The van der Waals surface area contributed by atoms with E-state index in [4.69, 9.17) is 11.6 Å². The number of rotatable bonds is 1. The maximum absolute atomic E-state index is 13.8. The van der Waals surface area contributed by atoms with E-state index in [0.29, 0.717) is 11.1 Å². The first kappa shape index (κ1) is 11.0. The minimum atomic E-state index is -0.521. The second-order valence-corrected chi connectivity index (χ2v) is 4.30. The van der Waals surface area contributed by atoms with E-state index in [1.54, 1.807) is 30.7 Å². The fourth-order valence-electron chi connectivity index (χ4n) is 1.84. The van der Waals surface area contributed by atoms with Crippen LogP contribution in [-0.4, -0.2) is 14.5 Å². The van der Waals surface area contributed by atoms with E-state index in [-0.39, 0.29) is 10.8 Å². The van der Waals surface area contributed by atoms with Crippen molar-refractivity contribution in [1.82, 2.24) is 9.38 Å². The number of hydrogen-bond donors (Lipinski definition) is 1. The number of pyridine rings is 1. The Labute approximate surface area is 107 Å². The predicted molar refractivity (Wildman–Crippen MR) is 67.3 cm³/mol. The highest BCUT2D eigenvalue weighted by molar-refractivity contribution is 6.32. The van der Waals surface area contributed by atoms with Crippen molar-refractivity contribution in [3.63, 3.8) is 0 Å². The zero-order chi connectivity index (χ0) is 12.7. The van der Waals surface area contributed by atoms with Crippen molar-refractivity contribution in [2.24, 2.45) is 0 Å². The van der Waals surface area contributed by atoms with Crippen molar-refractivity contribution < 1.29 is 9.50 Å². The molecule has 1 N–H and O–H groups in total. The molecule has 3 aromatic rings. The first-order valence-corrected chi connectivity index (χ1v) is 5.64. The van der Waals surface area contributed by atoms with Crippen LogP contribution in [-0.2, 0) is 0 Å². The first-order valence-electron chi connectivity index (χ1n) is 5.26. The maximum Gasteiger partial charge on any atom is 0.137 e. The van der Waals surface area contributed by atoms with Crippen molar-refractivity contribution in [2.45, 2.75) is 0 Å². The number of nitrogens with zero attached hydrogens (tertiary/aromatic N) is 2. The van der Waals surface area contributed by atoms with Gasteiger partial charge in [-0.05, 0) is 23.8 Å². The average Bonchev–Trinajstić information content (AvgIpc) is 2.80. The number of phenolic OH excluding ortho intramolecular Hbond substituents is 1. The monoisotopic (exact) mass is 262 g/mol. The molecule has 2 aromatic heterocycles. The van der Waals surface area contributed by atoms with Crippen molar-refractivity contribution in [1.29, 1.82) is 0 Å². The Kier molecular flexibility index (Phi) is 2.45. The molecule has 3 nitrogen and oxygen atoms in total. The summed E-state index contributed by atoms with van der Waals surface area (Å²) in [5, 5.41) is 9.44. The smallest absolute Gasteiger partial charge is 0.137 e. The molecule has 0 bridgehead atoms. The van der Waals surface area contributed by atoms with E-state index in [2.05, 4.69) is 4.98 Å². The standard InChI is InChI=1S/C13H8ClFN2O/c14-10-6-9(11(15)7-12(10)18)8-1-3-17-4-2-16-13(17)5-8/h1-7,18H. The maximum atomic E-state index is 13.8.